The summed E-state index contributed by atoms with van der Waals surface area (Å²) in [6, 6.07) is 2.81. The van der Waals surface area contributed by atoms with Crippen LogP contribution in [0.15, 0.2) is 18.2 Å². The average molecular weight is 457 g/mol. The monoisotopic (exact) mass is 457 g/mol. The number of esters is 2. The maximum Gasteiger partial charge on any atom is 0.573 e. The molecule has 0 aliphatic rings. The first-order chi connectivity index (χ1) is 13.6. The number of carbonyl (C=O) groups is 2. The summed E-state index contributed by atoms with van der Waals surface area (Å²) >= 11 is 0. The first-order valence-electron chi connectivity index (χ1n) is 8.47. The third-order valence-corrected chi connectivity index (χ3v) is 4.23. The van der Waals surface area contributed by atoms with E-state index in [9.17, 15) is 35.7 Å². The molecule has 1 aromatic carbocycles. The van der Waals surface area contributed by atoms with Gasteiger partial charge in [-0.3, -0.25) is 0 Å². The van der Waals surface area contributed by atoms with Gasteiger partial charge in [-0.2, -0.15) is 0 Å². The minimum atomic E-state index is -4.99. The number of hydrogen-bond donors (Lipinski definition) is 0. The lowest BCUT2D eigenvalue weighted by Crippen LogP contribution is -2.28. The zero-order valence-electron chi connectivity index (χ0n) is 16.3. The average Bonchev–Trinajstić information content (AvgIpc) is 2.58. The Balaban J connectivity index is 2.87. The third kappa shape index (κ3) is 9.78. The van der Waals surface area contributed by atoms with Crippen molar-refractivity contribution in [1.29, 1.82) is 0 Å². The number of alkyl halides is 3. The van der Waals surface area contributed by atoms with E-state index in [0.29, 0.717) is 6.42 Å². The van der Waals surface area contributed by atoms with Crippen LogP contribution in [0.3, 0.4) is 0 Å². The number of ether oxygens (including phenoxy) is 4. The van der Waals surface area contributed by atoms with Crippen molar-refractivity contribution in [1.82, 2.24) is 0 Å². The quantitative estimate of drug-likeness (QED) is 0.384. The molecule has 0 heterocycles. The van der Waals surface area contributed by atoms with E-state index in [2.05, 4.69) is 14.2 Å². The van der Waals surface area contributed by atoms with E-state index < -0.39 is 58.7 Å². The summed E-state index contributed by atoms with van der Waals surface area (Å²) in [5.74, 6) is -4.18. The van der Waals surface area contributed by atoms with E-state index in [1.54, 1.807) is 20.8 Å². The maximum atomic E-state index is 12.6. The normalized spacial score (nSPS) is 12.2. The highest BCUT2D eigenvalue weighted by molar-refractivity contribution is 7.85. The number of hydrogen-bond acceptors (Lipinski definition) is 9. The summed E-state index contributed by atoms with van der Waals surface area (Å²) in [4.78, 5) is 23.5. The Morgan fingerprint density at radius 3 is 2.23 bits per heavy atom. The summed E-state index contributed by atoms with van der Waals surface area (Å²) in [6.07, 6.45) is -4.56. The Morgan fingerprint density at radius 1 is 1.07 bits per heavy atom. The van der Waals surface area contributed by atoms with Crippen molar-refractivity contribution in [3.8, 4) is 11.5 Å². The fourth-order valence-electron chi connectivity index (χ4n) is 1.80. The van der Waals surface area contributed by atoms with Gasteiger partial charge in [0, 0.05) is 0 Å². The van der Waals surface area contributed by atoms with Gasteiger partial charge in [-0.15, -0.1) is 13.2 Å². The second kappa shape index (κ2) is 9.98. The minimum absolute atomic E-state index is 0.235. The van der Waals surface area contributed by atoms with Crippen LogP contribution in [-0.2, 0) is 24.4 Å². The van der Waals surface area contributed by atoms with Crippen LogP contribution >= 0.6 is 0 Å². The molecule has 0 atom stereocenters. The highest BCUT2D eigenvalue weighted by atomic mass is 32.2. The van der Waals surface area contributed by atoms with E-state index in [4.69, 9.17) is 4.74 Å². The lowest BCUT2D eigenvalue weighted by Gasteiger charge is -2.26. The standard InChI is InChI=1S/C17H21F3O9S/c1-4-16(2,3)28-13-9-11(5-6-12(13)29-17(18,19)20)15(22)27-10-14(21)26-7-8-30(23,24)25/h5-6,9H,4,7-8,10H2,1-3H3,(H,23,24,25)/p-1. The van der Waals surface area contributed by atoms with Gasteiger partial charge in [-0.25, -0.2) is 18.0 Å². The molecule has 170 valence electrons. The largest absolute Gasteiger partial charge is 0.748 e. The lowest BCUT2D eigenvalue weighted by molar-refractivity contribution is -0.275. The number of benzene rings is 1. The summed E-state index contributed by atoms with van der Waals surface area (Å²) in [7, 11) is -4.57. The molecule has 0 spiro atoms. The SMILES string of the molecule is CCC(C)(C)Oc1cc(C(=O)OCC(=O)OCCS(=O)(=O)[O-])ccc1OC(F)(F)F. The van der Waals surface area contributed by atoms with Crippen LogP contribution in [0.25, 0.3) is 0 Å². The Bertz CT molecular complexity index is 864. The second-order valence-electron chi connectivity index (χ2n) is 6.48. The molecule has 0 unspecified atom stereocenters. The molecule has 0 saturated carbocycles. The predicted molar refractivity (Wildman–Crippen MR) is 93.9 cm³/mol. The van der Waals surface area contributed by atoms with Crippen molar-refractivity contribution in [2.75, 3.05) is 19.0 Å². The van der Waals surface area contributed by atoms with Crippen molar-refractivity contribution in [3.63, 3.8) is 0 Å². The van der Waals surface area contributed by atoms with Crippen molar-refractivity contribution in [3.05, 3.63) is 23.8 Å². The molecule has 0 aliphatic heterocycles. The maximum absolute atomic E-state index is 12.6. The van der Waals surface area contributed by atoms with Crippen LogP contribution in [0, 0.1) is 0 Å². The zero-order valence-corrected chi connectivity index (χ0v) is 17.1. The van der Waals surface area contributed by atoms with Crippen LogP contribution in [0.1, 0.15) is 37.6 Å². The molecule has 0 amide bonds. The fourth-order valence-corrected chi connectivity index (χ4v) is 2.09. The van der Waals surface area contributed by atoms with E-state index >= 15 is 0 Å². The molecule has 0 radical (unpaired) electrons. The molecular formula is C17H20F3O9S-. The molecule has 13 heteroatoms. The number of halogens is 3. The van der Waals surface area contributed by atoms with Gasteiger partial charge in [0.1, 0.15) is 12.2 Å². The number of rotatable bonds is 10. The molecule has 1 aromatic rings. The third-order valence-electron chi connectivity index (χ3n) is 3.56. The number of carbonyl (C=O) groups excluding carboxylic acids is 2. The molecule has 1 rings (SSSR count). The Kier molecular flexibility index (Phi) is 8.48. The molecule has 0 aliphatic carbocycles. The highest BCUT2D eigenvalue weighted by Crippen LogP contribution is 2.36. The smallest absolute Gasteiger partial charge is 0.573 e. The Hall–Kier alpha value is -2.54. The van der Waals surface area contributed by atoms with Crippen LogP contribution < -0.4 is 9.47 Å². The molecule has 30 heavy (non-hydrogen) atoms. The molecular weight excluding hydrogens is 437 g/mol. The van der Waals surface area contributed by atoms with Crippen LogP contribution in [0.5, 0.6) is 11.5 Å². The van der Waals surface area contributed by atoms with Gasteiger partial charge in [-0.05, 0) is 38.5 Å². The van der Waals surface area contributed by atoms with Crippen LogP contribution in [0.4, 0.5) is 13.2 Å². The van der Waals surface area contributed by atoms with Crippen LogP contribution in [-0.4, -0.2) is 55.8 Å². The van der Waals surface area contributed by atoms with Gasteiger partial charge in [0.25, 0.3) is 0 Å². The van der Waals surface area contributed by atoms with Gasteiger partial charge < -0.3 is 23.5 Å². The van der Waals surface area contributed by atoms with E-state index in [0.717, 1.165) is 18.2 Å². The van der Waals surface area contributed by atoms with Crippen molar-refractivity contribution < 1.29 is 54.7 Å². The summed E-state index contributed by atoms with van der Waals surface area (Å²) < 4.78 is 87.5. The molecule has 0 bridgehead atoms. The van der Waals surface area contributed by atoms with E-state index in [1.807, 2.05) is 0 Å². The van der Waals surface area contributed by atoms with Gasteiger partial charge in [-0.1, -0.05) is 6.92 Å². The van der Waals surface area contributed by atoms with Crippen LogP contribution in [0.2, 0.25) is 0 Å². The van der Waals surface area contributed by atoms with Crippen molar-refractivity contribution in [2.24, 2.45) is 0 Å². The Morgan fingerprint density at radius 2 is 1.70 bits per heavy atom. The fraction of sp³-hybridized carbons (Fsp3) is 0.529. The van der Waals surface area contributed by atoms with Gasteiger partial charge in [0.2, 0.25) is 0 Å². The van der Waals surface area contributed by atoms with Gasteiger partial charge >= 0.3 is 18.3 Å². The summed E-state index contributed by atoms with van der Waals surface area (Å²) in [5.41, 5.74) is -1.11. The lowest BCUT2D eigenvalue weighted by atomic mass is 10.1. The molecule has 0 fully saturated rings. The van der Waals surface area contributed by atoms with Crippen molar-refractivity contribution in [2.45, 2.75) is 39.2 Å². The first kappa shape index (κ1) is 25.5. The highest BCUT2D eigenvalue weighted by Gasteiger charge is 2.33. The topological polar surface area (TPSA) is 128 Å². The minimum Gasteiger partial charge on any atom is -0.748 e. The molecule has 0 aromatic heterocycles. The Labute approximate surface area is 170 Å². The van der Waals surface area contributed by atoms with E-state index in [1.165, 1.54) is 0 Å². The molecule has 0 saturated heterocycles. The first-order valence-corrected chi connectivity index (χ1v) is 10.0. The second-order valence-corrected chi connectivity index (χ2v) is 8.01. The summed E-state index contributed by atoms with van der Waals surface area (Å²) in [5, 5.41) is 0. The zero-order chi connectivity index (χ0) is 23.2. The molecule has 9 nitrogen and oxygen atoms in total. The molecule has 0 N–H and O–H groups in total. The summed E-state index contributed by atoms with van der Waals surface area (Å²) in [6.45, 7) is 3.36. The predicted octanol–water partition coefficient (Wildman–Crippen LogP) is 2.40. The van der Waals surface area contributed by atoms with Crippen molar-refractivity contribution >= 4 is 22.1 Å². The van der Waals surface area contributed by atoms with Gasteiger partial charge in [0.05, 0.1) is 21.4 Å². The van der Waals surface area contributed by atoms with Gasteiger partial charge in [0.15, 0.2) is 18.1 Å². The van der Waals surface area contributed by atoms with E-state index in [-0.39, 0.29) is 11.3 Å².